The van der Waals surface area contributed by atoms with Crippen molar-refractivity contribution in [1.82, 2.24) is 10.6 Å². The highest BCUT2D eigenvalue weighted by molar-refractivity contribution is 7.98. The molecule has 4 heteroatoms. The summed E-state index contributed by atoms with van der Waals surface area (Å²) in [6, 6.07) is 0. The highest BCUT2D eigenvalue weighted by atomic mass is 32.2. The summed E-state index contributed by atoms with van der Waals surface area (Å²) in [7, 11) is 0. The standard InChI is InChI=1S/C8H16N2OS/c1-12-5-4-10-8(11)7-2-3-9-6-7/h7,9H,2-6H2,1H3,(H,10,11). The Hall–Kier alpha value is -0.220. The molecule has 1 heterocycles. The number of hydrogen-bond acceptors (Lipinski definition) is 3. The first kappa shape index (κ1) is 9.86. The third-order valence-corrected chi connectivity index (χ3v) is 2.65. The summed E-state index contributed by atoms with van der Waals surface area (Å²) in [5.74, 6) is 1.44. The van der Waals surface area contributed by atoms with E-state index in [9.17, 15) is 4.79 Å². The van der Waals surface area contributed by atoms with E-state index in [-0.39, 0.29) is 11.8 Å². The Morgan fingerprint density at radius 2 is 2.58 bits per heavy atom. The number of rotatable bonds is 4. The van der Waals surface area contributed by atoms with Gasteiger partial charge in [-0.25, -0.2) is 0 Å². The van der Waals surface area contributed by atoms with Gasteiger partial charge in [0.15, 0.2) is 0 Å². The number of nitrogens with one attached hydrogen (secondary N) is 2. The lowest BCUT2D eigenvalue weighted by Crippen LogP contribution is -2.33. The molecule has 1 aliphatic heterocycles. The molecule has 0 spiro atoms. The summed E-state index contributed by atoms with van der Waals surface area (Å²) in [6.45, 7) is 2.64. The number of hydrogen-bond donors (Lipinski definition) is 2. The van der Waals surface area contributed by atoms with E-state index in [1.165, 1.54) is 0 Å². The predicted molar refractivity (Wildman–Crippen MR) is 52.4 cm³/mol. The highest BCUT2D eigenvalue weighted by Crippen LogP contribution is 2.06. The molecule has 2 N–H and O–H groups in total. The van der Waals surface area contributed by atoms with Crippen LogP contribution in [0.2, 0.25) is 0 Å². The topological polar surface area (TPSA) is 41.1 Å². The molecule has 3 nitrogen and oxygen atoms in total. The van der Waals surface area contributed by atoms with Gasteiger partial charge in [0.05, 0.1) is 5.92 Å². The molecule has 1 atom stereocenters. The van der Waals surface area contributed by atoms with Crippen molar-refractivity contribution in [2.24, 2.45) is 5.92 Å². The minimum absolute atomic E-state index is 0.215. The van der Waals surface area contributed by atoms with Crippen LogP contribution in [0, 0.1) is 5.92 Å². The first-order chi connectivity index (χ1) is 5.84. The van der Waals surface area contributed by atoms with Crippen LogP contribution >= 0.6 is 11.8 Å². The highest BCUT2D eigenvalue weighted by Gasteiger charge is 2.21. The summed E-state index contributed by atoms with van der Waals surface area (Å²) >= 11 is 1.76. The van der Waals surface area contributed by atoms with E-state index in [2.05, 4.69) is 10.6 Å². The lowest BCUT2D eigenvalue weighted by atomic mass is 10.1. The molecule has 0 aromatic rings. The molecule has 0 aromatic carbocycles. The summed E-state index contributed by atoms with van der Waals surface area (Å²) in [5, 5.41) is 6.10. The van der Waals surface area contributed by atoms with Crippen LogP contribution in [0.25, 0.3) is 0 Å². The maximum Gasteiger partial charge on any atom is 0.224 e. The minimum atomic E-state index is 0.215. The molecule has 70 valence electrons. The van der Waals surface area contributed by atoms with Crippen molar-refractivity contribution in [3.63, 3.8) is 0 Å². The monoisotopic (exact) mass is 188 g/mol. The first-order valence-corrected chi connectivity index (χ1v) is 5.71. The summed E-state index contributed by atoms with van der Waals surface area (Å²) in [5.41, 5.74) is 0. The molecule has 0 aliphatic carbocycles. The first-order valence-electron chi connectivity index (χ1n) is 4.32. The third-order valence-electron chi connectivity index (χ3n) is 2.04. The molecular formula is C8H16N2OS. The zero-order valence-electron chi connectivity index (χ0n) is 7.43. The van der Waals surface area contributed by atoms with Gasteiger partial charge in [0.25, 0.3) is 0 Å². The van der Waals surface area contributed by atoms with Gasteiger partial charge in [0.2, 0.25) is 5.91 Å². The summed E-state index contributed by atoms with van der Waals surface area (Å²) in [6.07, 6.45) is 3.04. The zero-order valence-corrected chi connectivity index (χ0v) is 8.25. The van der Waals surface area contributed by atoms with Crippen LogP contribution in [-0.2, 0) is 4.79 Å². The fourth-order valence-corrected chi connectivity index (χ4v) is 1.61. The van der Waals surface area contributed by atoms with Gasteiger partial charge in [-0.15, -0.1) is 0 Å². The van der Waals surface area contributed by atoms with Gasteiger partial charge < -0.3 is 10.6 Å². The molecule has 0 saturated carbocycles. The van der Waals surface area contributed by atoms with Gasteiger partial charge in [-0.3, -0.25) is 4.79 Å². The van der Waals surface area contributed by atoms with Crippen LogP contribution in [0.3, 0.4) is 0 Å². The second-order valence-corrected chi connectivity index (χ2v) is 3.96. The lowest BCUT2D eigenvalue weighted by Gasteiger charge is -2.08. The molecule has 0 bridgehead atoms. The van der Waals surface area contributed by atoms with Crippen molar-refractivity contribution in [3.05, 3.63) is 0 Å². The van der Waals surface area contributed by atoms with E-state index >= 15 is 0 Å². The van der Waals surface area contributed by atoms with Crippen LogP contribution in [0.1, 0.15) is 6.42 Å². The fraction of sp³-hybridized carbons (Fsp3) is 0.875. The minimum Gasteiger partial charge on any atom is -0.355 e. The summed E-state index contributed by atoms with van der Waals surface area (Å²) < 4.78 is 0. The van der Waals surface area contributed by atoms with Crippen LogP contribution < -0.4 is 10.6 Å². The Morgan fingerprint density at radius 3 is 3.17 bits per heavy atom. The zero-order chi connectivity index (χ0) is 8.81. The van der Waals surface area contributed by atoms with Crippen molar-refractivity contribution >= 4 is 17.7 Å². The van der Waals surface area contributed by atoms with Gasteiger partial charge in [-0.05, 0) is 19.2 Å². The molecule has 1 unspecified atom stereocenters. The molecule has 0 radical (unpaired) electrons. The lowest BCUT2D eigenvalue weighted by molar-refractivity contribution is -0.124. The van der Waals surface area contributed by atoms with E-state index in [0.717, 1.165) is 31.8 Å². The fourth-order valence-electron chi connectivity index (χ4n) is 1.30. The van der Waals surface area contributed by atoms with Crippen molar-refractivity contribution in [2.45, 2.75) is 6.42 Å². The molecule has 1 aliphatic rings. The molecule has 0 aromatic heterocycles. The molecule has 1 amide bonds. The van der Waals surface area contributed by atoms with E-state index in [1.54, 1.807) is 11.8 Å². The Balaban J connectivity index is 2.10. The van der Waals surface area contributed by atoms with Crippen molar-refractivity contribution in [2.75, 3.05) is 31.6 Å². The van der Waals surface area contributed by atoms with Crippen LogP contribution in [0.15, 0.2) is 0 Å². The Labute approximate surface area is 77.7 Å². The van der Waals surface area contributed by atoms with Gasteiger partial charge >= 0.3 is 0 Å². The van der Waals surface area contributed by atoms with E-state index < -0.39 is 0 Å². The van der Waals surface area contributed by atoms with E-state index in [0.29, 0.717) is 0 Å². The number of carbonyl (C=O) groups excluding carboxylic acids is 1. The van der Waals surface area contributed by atoms with Gasteiger partial charge in [-0.1, -0.05) is 0 Å². The van der Waals surface area contributed by atoms with E-state index in [4.69, 9.17) is 0 Å². The summed E-state index contributed by atoms with van der Waals surface area (Å²) in [4.78, 5) is 11.4. The average molecular weight is 188 g/mol. The number of amides is 1. The normalized spacial score (nSPS) is 22.6. The molecule has 1 rings (SSSR count). The molecule has 1 saturated heterocycles. The van der Waals surface area contributed by atoms with Gasteiger partial charge in [-0.2, -0.15) is 11.8 Å². The third kappa shape index (κ3) is 3.03. The SMILES string of the molecule is CSCCNC(=O)C1CCNC1. The Morgan fingerprint density at radius 1 is 1.75 bits per heavy atom. The van der Waals surface area contributed by atoms with Crippen LogP contribution in [0.5, 0.6) is 0 Å². The van der Waals surface area contributed by atoms with Crippen LogP contribution in [0.4, 0.5) is 0 Å². The molecule has 1 fully saturated rings. The maximum absolute atomic E-state index is 11.4. The Kier molecular flexibility index (Phi) is 4.46. The second kappa shape index (κ2) is 5.43. The largest absolute Gasteiger partial charge is 0.355 e. The van der Waals surface area contributed by atoms with Gasteiger partial charge in [0, 0.05) is 18.8 Å². The molecule has 12 heavy (non-hydrogen) atoms. The van der Waals surface area contributed by atoms with E-state index in [1.807, 2.05) is 6.26 Å². The van der Waals surface area contributed by atoms with Crippen molar-refractivity contribution < 1.29 is 4.79 Å². The number of thioether (sulfide) groups is 1. The number of carbonyl (C=O) groups is 1. The average Bonchev–Trinajstić information content (AvgIpc) is 2.56. The smallest absolute Gasteiger partial charge is 0.224 e. The maximum atomic E-state index is 11.4. The Bertz CT molecular complexity index is 146. The van der Waals surface area contributed by atoms with Crippen molar-refractivity contribution in [1.29, 1.82) is 0 Å². The predicted octanol–water partition coefficient (Wildman–Crippen LogP) is 0.0751. The quantitative estimate of drug-likeness (QED) is 0.614. The second-order valence-electron chi connectivity index (χ2n) is 2.97. The molecular weight excluding hydrogens is 172 g/mol. The van der Waals surface area contributed by atoms with Crippen molar-refractivity contribution in [3.8, 4) is 0 Å². The van der Waals surface area contributed by atoms with Crippen LogP contribution in [-0.4, -0.2) is 37.6 Å². The van der Waals surface area contributed by atoms with Gasteiger partial charge in [0.1, 0.15) is 0 Å².